The Bertz CT molecular complexity index is 403. The van der Waals surface area contributed by atoms with Crippen molar-refractivity contribution in [3.05, 3.63) is 28.2 Å². The number of carbonyl (C=O) groups is 1. The Morgan fingerprint density at radius 3 is 3.00 bits per heavy atom. The highest BCUT2D eigenvalue weighted by Crippen LogP contribution is 2.41. The standard InChI is InChI=1S/C11H11BrO3/c1-6-8(5-11(13)14)9-4-7(12)2-3-10(9)15-6/h2-4,6,8H,5H2,1H3,(H,13,14). The van der Waals surface area contributed by atoms with Crippen LogP contribution >= 0.6 is 15.9 Å². The van der Waals surface area contributed by atoms with Crippen molar-refractivity contribution in [3.8, 4) is 5.75 Å². The van der Waals surface area contributed by atoms with Gasteiger partial charge in [0.05, 0.1) is 6.42 Å². The molecule has 1 aromatic rings. The second-order valence-corrected chi connectivity index (χ2v) is 4.63. The smallest absolute Gasteiger partial charge is 0.304 e. The van der Waals surface area contributed by atoms with Gasteiger partial charge in [0.15, 0.2) is 0 Å². The lowest BCUT2D eigenvalue weighted by molar-refractivity contribution is -0.137. The number of carboxylic acid groups (broad SMARTS) is 1. The van der Waals surface area contributed by atoms with Gasteiger partial charge in [-0.15, -0.1) is 0 Å². The third kappa shape index (κ3) is 2.00. The molecule has 0 aromatic heterocycles. The lowest BCUT2D eigenvalue weighted by Crippen LogP contribution is -2.17. The highest BCUT2D eigenvalue weighted by Gasteiger charge is 2.32. The van der Waals surface area contributed by atoms with Crippen LogP contribution in [0, 0.1) is 0 Å². The molecule has 0 fully saturated rings. The number of hydrogen-bond acceptors (Lipinski definition) is 2. The topological polar surface area (TPSA) is 46.5 Å². The van der Waals surface area contributed by atoms with E-state index in [2.05, 4.69) is 15.9 Å². The Balaban J connectivity index is 2.35. The van der Waals surface area contributed by atoms with Crippen LogP contribution in [0.25, 0.3) is 0 Å². The molecule has 4 heteroatoms. The Labute approximate surface area is 96.2 Å². The molecule has 0 radical (unpaired) electrons. The minimum absolute atomic E-state index is 0.0463. The Kier molecular flexibility index (Phi) is 2.69. The van der Waals surface area contributed by atoms with Crippen LogP contribution in [0.2, 0.25) is 0 Å². The van der Waals surface area contributed by atoms with E-state index in [1.807, 2.05) is 25.1 Å². The van der Waals surface area contributed by atoms with Crippen molar-refractivity contribution in [1.29, 1.82) is 0 Å². The number of carboxylic acids is 1. The predicted molar refractivity (Wildman–Crippen MR) is 59.2 cm³/mol. The second-order valence-electron chi connectivity index (χ2n) is 3.71. The van der Waals surface area contributed by atoms with Crippen LogP contribution in [-0.4, -0.2) is 17.2 Å². The molecule has 0 spiro atoms. The first-order chi connectivity index (χ1) is 7.08. The van der Waals surface area contributed by atoms with Gasteiger partial charge in [-0.3, -0.25) is 4.79 Å². The average Bonchev–Trinajstić information content (AvgIpc) is 2.43. The molecule has 0 amide bonds. The molecule has 2 atom stereocenters. The van der Waals surface area contributed by atoms with E-state index in [-0.39, 0.29) is 18.4 Å². The van der Waals surface area contributed by atoms with Crippen molar-refractivity contribution in [2.45, 2.75) is 25.4 Å². The van der Waals surface area contributed by atoms with E-state index >= 15 is 0 Å². The van der Waals surface area contributed by atoms with Gasteiger partial charge in [-0.25, -0.2) is 0 Å². The summed E-state index contributed by atoms with van der Waals surface area (Å²) in [5, 5.41) is 8.82. The summed E-state index contributed by atoms with van der Waals surface area (Å²) in [6, 6.07) is 5.71. The number of hydrogen-bond donors (Lipinski definition) is 1. The summed E-state index contributed by atoms with van der Waals surface area (Å²) in [6.07, 6.45) is 0.0512. The zero-order chi connectivity index (χ0) is 11.0. The van der Waals surface area contributed by atoms with Crippen LogP contribution in [0.5, 0.6) is 5.75 Å². The number of fused-ring (bicyclic) bond motifs is 1. The molecule has 0 saturated heterocycles. The van der Waals surface area contributed by atoms with Gasteiger partial charge in [-0.05, 0) is 25.1 Å². The fourth-order valence-corrected chi connectivity index (χ4v) is 2.29. The Hall–Kier alpha value is -1.03. The van der Waals surface area contributed by atoms with Crippen LogP contribution in [0.1, 0.15) is 24.8 Å². The van der Waals surface area contributed by atoms with Crippen molar-refractivity contribution in [2.24, 2.45) is 0 Å². The molecular formula is C11H11BrO3. The van der Waals surface area contributed by atoms with Crippen molar-refractivity contribution < 1.29 is 14.6 Å². The van der Waals surface area contributed by atoms with Gasteiger partial charge in [0, 0.05) is 16.0 Å². The number of aliphatic carboxylic acids is 1. The highest BCUT2D eigenvalue weighted by atomic mass is 79.9. The summed E-state index contributed by atoms with van der Waals surface area (Å²) in [7, 11) is 0. The summed E-state index contributed by atoms with van der Waals surface area (Å²) >= 11 is 3.38. The molecule has 3 nitrogen and oxygen atoms in total. The summed E-state index contributed by atoms with van der Waals surface area (Å²) in [5.74, 6) is -0.0322. The van der Waals surface area contributed by atoms with E-state index in [1.165, 1.54) is 0 Å². The maximum Gasteiger partial charge on any atom is 0.304 e. The molecule has 80 valence electrons. The van der Waals surface area contributed by atoms with E-state index in [0.29, 0.717) is 0 Å². The van der Waals surface area contributed by atoms with E-state index in [9.17, 15) is 4.79 Å². The van der Waals surface area contributed by atoms with Crippen molar-refractivity contribution >= 4 is 21.9 Å². The van der Waals surface area contributed by atoms with E-state index < -0.39 is 5.97 Å². The zero-order valence-electron chi connectivity index (χ0n) is 8.24. The summed E-state index contributed by atoms with van der Waals surface area (Å²) in [6.45, 7) is 1.90. The van der Waals surface area contributed by atoms with Gasteiger partial charge in [-0.2, -0.15) is 0 Å². The van der Waals surface area contributed by atoms with Crippen molar-refractivity contribution in [3.63, 3.8) is 0 Å². The van der Waals surface area contributed by atoms with E-state index in [0.717, 1.165) is 15.8 Å². The predicted octanol–water partition coefficient (Wildman–Crippen LogP) is 2.79. The maximum atomic E-state index is 10.7. The Morgan fingerprint density at radius 1 is 1.60 bits per heavy atom. The molecule has 1 N–H and O–H groups in total. The molecule has 15 heavy (non-hydrogen) atoms. The minimum Gasteiger partial charge on any atom is -0.490 e. The van der Waals surface area contributed by atoms with Gasteiger partial charge in [-0.1, -0.05) is 15.9 Å². The van der Waals surface area contributed by atoms with Crippen molar-refractivity contribution in [2.75, 3.05) is 0 Å². The summed E-state index contributed by atoms with van der Waals surface area (Å²) in [4.78, 5) is 10.7. The molecule has 2 unspecified atom stereocenters. The third-order valence-corrected chi connectivity index (χ3v) is 3.14. The molecule has 2 rings (SSSR count). The van der Waals surface area contributed by atoms with Crippen LogP contribution < -0.4 is 4.74 Å². The minimum atomic E-state index is -0.789. The van der Waals surface area contributed by atoms with Crippen LogP contribution in [-0.2, 0) is 4.79 Å². The van der Waals surface area contributed by atoms with Crippen molar-refractivity contribution in [1.82, 2.24) is 0 Å². The molecule has 0 bridgehead atoms. The second kappa shape index (κ2) is 3.85. The normalized spacial score (nSPS) is 23.3. The molecule has 0 aliphatic carbocycles. The average molecular weight is 271 g/mol. The maximum absolute atomic E-state index is 10.7. The molecule has 1 heterocycles. The largest absolute Gasteiger partial charge is 0.490 e. The number of halogens is 1. The van der Waals surface area contributed by atoms with Gasteiger partial charge in [0.25, 0.3) is 0 Å². The number of ether oxygens (including phenoxy) is 1. The lowest BCUT2D eigenvalue weighted by atomic mass is 9.93. The lowest BCUT2D eigenvalue weighted by Gasteiger charge is -2.11. The van der Waals surface area contributed by atoms with Crippen LogP contribution in [0.3, 0.4) is 0 Å². The first-order valence-corrected chi connectivity index (χ1v) is 5.55. The molecule has 1 aromatic carbocycles. The van der Waals surface area contributed by atoms with Crippen LogP contribution in [0.15, 0.2) is 22.7 Å². The van der Waals surface area contributed by atoms with E-state index in [1.54, 1.807) is 0 Å². The fraction of sp³-hybridized carbons (Fsp3) is 0.364. The zero-order valence-corrected chi connectivity index (χ0v) is 9.82. The van der Waals surface area contributed by atoms with Gasteiger partial charge < -0.3 is 9.84 Å². The summed E-state index contributed by atoms with van der Waals surface area (Å²) < 4.78 is 6.54. The van der Waals surface area contributed by atoms with Gasteiger partial charge in [0.1, 0.15) is 11.9 Å². The first-order valence-electron chi connectivity index (χ1n) is 4.76. The fourth-order valence-electron chi connectivity index (χ4n) is 1.92. The third-order valence-electron chi connectivity index (χ3n) is 2.65. The number of rotatable bonds is 2. The van der Waals surface area contributed by atoms with Gasteiger partial charge in [0.2, 0.25) is 0 Å². The first kappa shape index (κ1) is 10.5. The van der Waals surface area contributed by atoms with Crippen LogP contribution in [0.4, 0.5) is 0 Å². The highest BCUT2D eigenvalue weighted by molar-refractivity contribution is 9.10. The summed E-state index contributed by atoms with van der Waals surface area (Å²) in [5.41, 5.74) is 0.985. The monoisotopic (exact) mass is 270 g/mol. The molecular weight excluding hydrogens is 260 g/mol. The van der Waals surface area contributed by atoms with Gasteiger partial charge >= 0.3 is 5.97 Å². The SMILES string of the molecule is CC1Oc2ccc(Br)cc2C1CC(=O)O. The Morgan fingerprint density at radius 2 is 2.33 bits per heavy atom. The molecule has 0 saturated carbocycles. The van der Waals surface area contributed by atoms with E-state index in [4.69, 9.17) is 9.84 Å². The number of benzene rings is 1. The molecule has 1 aliphatic heterocycles. The quantitative estimate of drug-likeness (QED) is 0.899. The molecule has 1 aliphatic rings.